The van der Waals surface area contributed by atoms with Gasteiger partial charge < -0.3 is 16.4 Å². The summed E-state index contributed by atoms with van der Waals surface area (Å²) in [7, 11) is 0. The van der Waals surface area contributed by atoms with Gasteiger partial charge in [0.05, 0.1) is 6.54 Å². The van der Waals surface area contributed by atoms with Crippen LogP contribution in [-0.2, 0) is 16.1 Å². The van der Waals surface area contributed by atoms with Gasteiger partial charge in [-0.3, -0.25) is 9.59 Å². The first-order chi connectivity index (χ1) is 7.61. The van der Waals surface area contributed by atoms with Crippen molar-refractivity contribution in [1.82, 2.24) is 5.32 Å². The normalized spacial score (nSPS) is 9.06. The summed E-state index contributed by atoms with van der Waals surface area (Å²) < 4.78 is 0. The molecular weight excluding hydrogens is 242 g/mol. The van der Waals surface area contributed by atoms with Crippen molar-refractivity contribution >= 4 is 29.9 Å². The molecule has 4 N–H and O–H groups in total. The predicted molar refractivity (Wildman–Crippen MR) is 68.9 cm³/mol. The van der Waals surface area contributed by atoms with Crippen molar-refractivity contribution in [1.29, 1.82) is 0 Å². The van der Waals surface area contributed by atoms with E-state index in [0.29, 0.717) is 12.2 Å². The molecule has 17 heavy (non-hydrogen) atoms. The van der Waals surface area contributed by atoms with Crippen molar-refractivity contribution in [3.63, 3.8) is 0 Å². The topological polar surface area (TPSA) is 84.2 Å². The van der Waals surface area contributed by atoms with Gasteiger partial charge in [0.2, 0.25) is 11.8 Å². The minimum Gasteiger partial charge on any atom is -0.347 e. The van der Waals surface area contributed by atoms with Crippen LogP contribution in [0.4, 0.5) is 5.69 Å². The fourth-order valence-corrected chi connectivity index (χ4v) is 1.13. The van der Waals surface area contributed by atoms with E-state index in [4.69, 9.17) is 5.73 Å². The zero-order valence-corrected chi connectivity index (χ0v) is 10.3. The molecule has 6 heteroatoms. The highest BCUT2D eigenvalue weighted by Gasteiger charge is 2.02. The third-order valence-corrected chi connectivity index (χ3v) is 1.97. The van der Waals surface area contributed by atoms with E-state index in [1.807, 2.05) is 12.1 Å². The molecule has 2 amide bonds. The average molecular weight is 258 g/mol. The highest BCUT2D eigenvalue weighted by atomic mass is 35.5. The molecule has 1 aromatic carbocycles. The second-order valence-electron chi connectivity index (χ2n) is 3.36. The van der Waals surface area contributed by atoms with Gasteiger partial charge in [-0.15, -0.1) is 12.4 Å². The quantitative estimate of drug-likeness (QED) is 0.740. The minimum atomic E-state index is -0.254. The molecule has 0 spiro atoms. The number of hydrogen-bond acceptors (Lipinski definition) is 3. The number of amides is 2. The molecule has 0 atom stereocenters. The monoisotopic (exact) mass is 257 g/mol. The Kier molecular flexibility index (Phi) is 6.93. The van der Waals surface area contributed by atoms with Gasteiger partial charge in [-0.05, 0) is 17.7 Å². The van der Waals surface area contributed by atoms with Crippen LogP contribution in [0, 0.1) is 0 Å². The van der Waals surface area contributed by atoms with Crippen LogP contribution in [0.1, 0.15) is 12.5 Å². The third-order valence-electron chi connectivity index (χ3n) is 1.97. The molecule has 0 bridgehead atoms. The largest absolute Gasteiger partial charge is 0.347 e. The van der Waals surface area contributed by atoms with E-state index in [-0.39, 0.29) is 30.8 Å². The summed E-state index contributed by atoms with van der Waals surface area (Å²) >= 11 is 0. The van der Waals surface area contributed by atoms with Gasteiger partial charge in [0.15, 0.2) is 0 Å². The summed E-state index contributed by atoms with van der Waals surface area (Å²) in [5.41, 5.74) is 7.13. The van der Waals surface area contributed by atoms with Gasteiger partial charge in [-0.1, -0.05) is 12.1 Å². The molecule has 0 aromatic heterocycles. The Morgan fingerprint density at radius 1 is 1.24 bits per heavy atom. The van der Waals surface area contributed by atoms with Crippen LogP contribution < -0.4 is 16.4 Å². The van der Waals surface area contributed by atoms with E-state index in [2.05, 4.69) is 10.6 Å². The highest BCUT2D eigenvalue weighted by molar-refractivity contribution is 5.94. The van der Waals surface area contributed by atoms with Crippen LogP contribution >= 0.6 is 12.4 Å². The van der Waals surface area contributed by atoms with Crippen molar-refractivity contribution < 1.29 is 9.59 Å². The van der Waals surface area contributed by atoms with Crippen LogP contribution in [0.2, 0.25) is 0 Å². The Labute approximate surface area is 106 Å². The summed E-state index contributed by atoms with van der Waals surface area (Å²) in [6, 6.07) is 7.23. The van der Waals surface area contributed by atoms with Crippen molar-refractivity contribution in [2.75, 3.05) is 11.9 Å². The van der Waals surface area contributed by atoms with Crippen LogP contribution in [0.25, 0.3) is 0 Å². The van der Waals surface area contributed by atoms with Gasteiger partial charge in [0.25, 0.3) is 0 Å². The number of nitrogens with two attached hydrogens (primary N) is 1. The summed E-state index contributed by atoms with van der Waals surface area (Å²) in [6.45, 7) is 1.82. The Morgan fingerprint density at radius 3 is 2.29 bits per heavy atom. The lowest BCUT2D eigenvalue weighted by atomic mass is 10.2. The van der Waals surface area contributed by atoms with E-state index < -0.39 is 0 Å². The highest BCUT2D eigenvalue weighted by Crippen LogP contribution is 2.08. The lowest BCUT2D eigenvalue weighted by Crippen LogP contribution is -2.31. The number of carbonyl (C=O) groups excluding carboxylic acids is 2. The van der Waals surface area contributed by atoms with Gasteiger partial charge in [-0.25, -0.2) is 0 Å². The molecule has 1 rings (SSSR count). The van der Waals surface area contributed by atoms with Crippen LogP contribution in [-0.4, -0.2) is 18.4 Å². The number of benzene rings is 1. The van der Waals surface area contributed by atoms with Crippen molar-refractivity contribution in [2.24, 2.45) is 5.73 Å². The molecule has 0 aliphatic heterocycles. The molecule has 5 nitrogen and oxygen atoms in total. The van der Waals surface area contributed by atoms with Gasteiger partial charge in [0.1, 0.15) is 0 Å². The van der Waals surface area contributed by atoms with Crippen molar-refractivity contribution in [3.8, 4) is 0 Å². The maximum absolute atomic E-state index is 11.3. The lowest BCUT2D eigenvalue weighted by Gasteiger charge is -2.06. The van der Waals surface area contributed by atoms with Gasteiger partial charge in [0, 0.05) is 19.2 Å². The van der Waals surface area contributed by atoms with E-state index in [9.17, 15) is 9.59 Å². The van der Waals surface area contributed by atoms with Gasteiger partial charge >= 0.3 is 0 Å². The Morgan fingerprint density at radius 2 is 1.82 bits per heavy atom. The summed E-state index contributed by atoms with van der Waals surface area (Å²) in [4.78, 5) is 21.9. The summed E-state index contributed by atoms with van der Waals surface area (Å²) in [5.74, 6) is -0.482. The smallest absolute Gasteiger partial charge is 0.243 e. The number of nitrogens with one attached hydrogen (secondary N) is 2. The molecule has 0 radical (unpaired) electrons. The first kappa shape index (κ1) is 15.4. The average Bonchev–Trinajstić information content (AvgIpc) is 2.27. The van der Waals surface area contributed by atoms with Crippen LogP contribution in [0.5, 0.6) is 0 Å². The standard InChI is InChI=1S/C11H15N3O2.ClH/c1-8(15)13-7-11(16)14-10-4-2-9(6-12)3-5-10;/h2-5H,6-7,12H2,1H3,(H,13,15)(H,14,16);1H. The molecule has 0 unspecified atom stereocenters. The molecule has 0 saturated heterocycles. The number of rotatable bonds is 4. The van der Waals surface area contributed by atoms with E-state index in [1.165, 1.54) is 6.92 Å². The number of halogens is 1. The molecule has 1 aromatic rings. The maximum Gasteiger partial charge on any atom is 0.243 e. The first-order valence-electron chi connectivity index (χ1n) is 4.95. The fraction of sp³-hybridized carbons (Fsp3) is 0.273. The van der Waals surface area contributed by atoms with E-state index in [1.54, 1.807) is 12.1 Å². The summed E-state index contributed by atoms with van der Waals surface area (Å²) in [6.07, 6.45) is 0. The maximum atomic E-state index is 11.3. The van der Waals surface area contributed by atoms with Crippen LogP contribution in [0.15, 0.2) is 24.3 Å². The zero-order chi connectivity index (χ0) is 12.0. The summed E-state index contributed by atoms with van der Waals surface area (Å²) in [5, 5.41) is 5.07. The number of anilines is 1. The molecule has 0 fully saturated rings. The number of carbonyl (C=O) groups is 2. The molecule has 0 aliphatic rings. The SMILES string of the molecule is CC(=O)NCC(=O)Nc1ccc(CN)cc1.Cl. The Balaban J connectivity index is 0.00000256. The second-order valence-corrected chi connectivity index (χ2v) is 3.36. The van der Waals surface area contributed by atoms with E-state index in [0.717, 1.165) is 5.56 Å². The van der Waals surface area contributed by atoms with Crippen molar-refractivity contribution in [2.45, 2.75) is 13.5 Å². The Hall–Kier alpha value is -1.59. The Bertz CT molecular complexity index is 379. The molecule has 0 saturated carbocycles. The molecular formula is C11H16ClN3O2. The van der Waals surface area contributed by atoms with E-state index >= 15 is 0 Å². The van der Waals surface area contributed by atoms with Gasteiger partial charge in [-0.2, -0.15) is 0 Å². The lowest BCUT2D eigenvalue weighted by molar-refractivity contribution is -0.122. The molecule has 0 heterocycles. The van der Waals surface area contributed by atoms with Crippen molar-refractivity contribution in [3.05, 3.63) is 29.8 Å². The third kappa shape index (κ3) is 5.89. The fourth-order valence-electron chi connectivity index (χ4n) is 1.13. The zero-order valence-electron chi connectivity index (χ0n) is 9.53. The predicted octanol–water partition coefficient (Wildman–Crippen LogP) is 0.642. The first-order valence-corrected chi connectivity index (χ1v) is 4.95. The molecule has 94 valence electrons. The minimum absolute atomic E-state index is 0. The molecule has 0 aliphatic carbocycles. The second kappa shape index (κ2) is 7.65. The number of hydrogen-bond donors (Lipinski definition) is 3. The van der Waals surface area contributed by atoms with Crippen LogP contribution in [0.3, 0.4) is 0 Å².